The third-order valence-corrected chi connectivity index (χ3v) is 6.41. The Bertz CT molecular complexity index is 799. The fraction of sp³-hybridized carbons (Fsp3) is 0.500. The number of halogens is 3. The van der Waals surface area contributed by atoms with Crippen LogP contribution in [0.3, 0.4) is 0 Å². The van der Waals surface area contributed by atoms with E-state index in [0.717, 1.165) is 12.1 Å². The fourth-order valence-electron chi connectivity index (χ4n) is 4.34. The maximum Gasteiger partial charge on any atom is 0.418 e. The lowest BCUT2D eigenvalue weighted by molar-refractivity contribution is -0.147. The van der Waals surface area contributed by atoms with Gasteiger partial charge in [-0.1, -0.05) is 32.9 Å². The Labute approximate surface area is 142 Å². The molecule has 0 aliphatic heterocycles. The topological polar surface area (TPSA) is 63.2 Å². The van der Waals surface area contributed by atoms with E-state index >= 15 is 0 Å². The molecule has 1 aromatic rings. The average Bonchev–Trinajstić information content (AvgIpc) is 2.79. The number of carbonyl (C=O) groups excluding carboxylic acids is 3. The van der Waals surface area contributed by atoms with Crippen LogP contribution in [0.2, 0.25) is 0 Å². The molecule has 0 aromatic heterocycles. The van der Waals surface area contributed by atoms with Crippen LogP contribution >= 0.6 is 0 Å². The van der Waals surface area contributed by atoms with E-state index in [9.17, 15) is 27.6 Å². The van der Waals surface area contributed by atoms with E-state index in [1.165, 1.54) is 12.1 Å². The third-order valence-electron chi connectivity index (χ3n) is 6.41. The van der Waals surface area contributed by atoms with Gasteiger partial charge < -0.3 is 5.32 Å². The molecule has 7 heteroatoms. The molecule has 0 heterocycles. The van der Waals surface area contributed by atoms with Gasteiger partial charge in [-0.3, -0.25) is 14.4 Å². The van der Waals surface area contributed by atoms with Gasteiger partial charge >= 0.3 is 6.18 Å². The standard InChI is InChI=1S/C18H18F3NO3/c1-15(2)16(3)8-9-17(15,13(24)12(16)23)14(25)22-11-7-5-4-6-10(11)18(19,20)21/h4-7H,8-9H2,1-3H3,(H,22,25)/t16-,17+/m0/s1. The summed E-state index contributed by atoms with van der Waals surface area (Å²) in [6.45, 7) is 4.98. The van der Waals surface area contributed by atoms with Crippen LogP contribution in [-0.2, 0) is 20.6 Å². The number of ketones is 2. The van der Waals surface area contributed by atoms with Crippen LogP contribution in [0.4, 0.5) is 18.9 Å². The zero-order chi connectivity index (χ0) is 18.8. The molecule has 2 atom stereocenters. The quantitative estimate of drug-likeness (QED) is 0.653. The van der Waals surface area contributed by atoms with Crippen LogP contribution in [0.5, 0.6) is 0 Å². The van der Waals surface area contributed by atoms with Crippen LogP contribution in [0, 0.1) is 16.2 Å². The minimum absolute atomic E-state index is 0.154. The lowest BCUT2D eigenvalue weighted by Gasteiger charge is -2.37. The zero-order valence-electron chi connectivity index (χ0n) is 14.1. The number of hydrogen-bond acceptors (Lipinski definition) is 3. The molecule has 1 amide bonds. The first-order valence-electron chi connectivity index (χ1n) is 7.96. The molecule has 4 nitrogen and oxygen atoms in total. The van der Waals surface area contributed by atoms with Crippen molar-refractivity contribution >= 4 is 23.2 Å². The van der Waals surface area contributed by atoms with Crippen molar-refractivity contribution in [2.24, 2.45) is 16.2 Å². The molecule has 25 heavy (non-hydrogen) atoms. The summed E-state index contributed by atoms with van der Waals surface area (Å²) in [7, 11) is 0. The highest BCUT2D eigenvalue weighted by molar-refractivity contribution is 6.49. The van der Waals surface area contributed by atoms with Gasteiger partial charge in [-0.25, -0.2) is 0 Å². The second-order valence-corrected chi connectivity index (χ2v) is 7.52. The van der Waals surface area contributed by atoms with Crippen LogP contribution < -0.4 is 5.32 Å². The second kappa shape index (κ2) is 4.93. The summed E-state index contributed by atoms with van der Waals surface area (Å²) in [6.07, 6.45) is -4.13. The predicted molar refractivity (Wildman–Crippen MR) is 83.6 cm³/mol. The van der Waals surface area contributed by atoms with Gasteiger partial charge in [0.05, 0.1) is 11.3 Å². The Kier molecular flexibility index (Phi) is 3.47. The molecule has 0 radical (unpaired) electrons. The fourth-order valence-corrected chi connectivity index (χ4v) is 4.34. The molecule has 1 aromatic carbocycles. The second-order valence-electron chi connectivity index (χ2n) is 7.52. The number of rotatable bonds is 2. The molecule has 1 N–H and O–H groups in total. The van der Waals surface area contributed by atoms with Gasteiger partial charge in [0.2, 0.25) is 17.5 Å². The van der Waals surface area contributed by atoms with E-state index in [2.05, 4.69) is 5.32 Å². The van der Waals surface area contributed by atoms with Crippen molar-refractivity contribution < 1.29 is 27.6 Å². The number of benzene rings is 1. The van der Waals surface area contributed by atoms with Gasteiger partial charge in [0.25, 0.3) is 0 Å². The van der Waals surface area contributed by atoms with E-state index in [-0.39, 0.29) is 6.42 Å². The average molecular weight is 353 g/mol. The molecule has 0 saturated heterocycles. The molecule has 2 aliphatic rings. The van der Waals surface area contributed by atoms with Crippen LogP contribution in [-0.4, -0.2) is 17.5 Å². The SMILES string of the molecule is CC1(C)[C@]2(C(=O)Nc3ccccc3C(F)(F)F)CC[C@@]1(C)C(=O)C2=O. The Morgan fingerprint density at radius 2 is 1.64 bits per heavy atom. The normalized spacial score (nSPS) is 30.6. The number of anilines is 1. The molecular formula is C18H18F3NO3. The number of alkyl halides is 3. The molecule has 2 saturated carbocycles. The van der Waals surface area contributed by atoms with E-state index in [0.29, 0.717) is 6.42 Å². The molecular weight excluding hydrogens is 335 g/mol. The summed E-state index contributed by atoms with van der Waals surface area (Å²) in [5.41, 5.74) is -4.96. The Morgan fingerprint density at radius 3 is 2.16 bits per heavy atom. The number of carbonyl (C=O) groups is 3. The molecule has 2 fully saturated rings. The molecule has 0 spiro atoms. The van der Waals surface area contributed by atoms with E-state index in [4.69, 9.17) is 0 Å². The number of para-hydroxylation sites is 1. The summed E-state index contributed by atoms with van der Waals surface area (Å²) in [4.78, 5) is 37.9. The summed E-state index contributed by atoms with van der Waals surface area (Å²) in [6, 6.07) is 4.59. The predicted octanol–water partition coefficient (Wildman–Crippen LogP) is 3.61. The Balaban J connectivity index is 2.04. The van der Waals surface area contributed by atoms with E-state index < -0.39 is 51.1 Å². The highest BCUT2D eigenvalue weighted by Gasteiger charge is 2.77. The lowest BCUT2D eigenvalue weighted by Crippen LogP contribution is -2.48. The van der Waals surface area contributed by atoms with Gasteiger partial charge in [-0.2, -0.15) is 13.2 Å². The summed E-state index contributed by atoms with van der Waals surface area (Å²) in [5, 5.41) is 2.27. The van der Waals surface area contributed by atoms with Crippen molar-refractivity contribution in [1.82, 2.24) is 0 Å². The highest BCUT2D eigenvalue weighted by Crippen LogP contribution is 2.69. The first-order valence-corrected chi connectivity index (χ1v) is 7.96. The number of amides is 1. The van der Waals surface area contributed by atoms with Crippen molar-refractivity contribution in [1.29, 1.82) is 0 Å². The van der Waals surface area contributed by atoms with E-state index in [1.54, 1.807) is 20.8 Å². The minimum atomic E-state index is -4.64. The van der Waals surface area contributed by atoms with Crippen molar-refractivity contribution in [3.63, 3.8) is 0 Å². The zero-order valence-corrected chi connectivity index (χ0v) is 14.1. The number of Topliss-reactive ketones (excluding diaryl/α,β-unsaturated/α-hetero) is 2. The first-order chi connectivity index (χ1) is 11.4. The summed E-state index contributed by atoms with van der Waals surface area (Å²) < 4.78 is 39.4. The molecule has 2 aliphatic carbocycles. The van der Waals surface area contributed by atoms with Gasteiger partial charge in [0.1, 0.15) is 5.41 Å². The number of hydrogen-bond donors (Lipinski definition) is 1. The summed E-state index contributed by atoms with van der Waals surface area (Å²) >= 11 is 0. The van der Waals surface area contributed by atoms with Crippen LogP contribution in [0.1, 0.15) is 39.2 Å². The monoisotopic (exact) mass is 353 g/mol. The first kappa shape index (κ1) is 17.6. The van der Waals surface area contributed by atoms with Crippen molar-refractivity contribution in [2.75, 3.05) is 5.32 Å². The summed E-state index contributed by atoms with van der Waals surface area (Å²) in [5.74, 6) is -2.25. The van der Waals surface area contributed by atoms with Crippen molar-refractivity contribution in [2.45, 2.75) is 39.8 Å². The Hall–Kier alpha value is -2.18. The smallest absolute Gasteiger partial charge is 0.325 e. The van der Waals surface area contributed by atoms with Gasteiger partial charge in [-0.05, 0) is 30.4 Å². The van der Waals surface area contributed by atoms with E-state index in [1.807, 2.05) is 0 Å². The molecule has 134 valence electrons. The molecule has 0 unspecified atom stereocenters. The molecule has 2 bridgehead atoms. The van der Waals surface area contributed by atoms with Crippen LogP contribution in [0.15, 0.2) is 24.3 Å². The highest BCUT2D eigenvalue weighted by atomic mass is 19.4. The Morgan fingerprint density at radius 1 is 1.04 bits per heavy atom. The number of nitrogens with one attached hydrogen (secondary N) is 1. The third kappa shape index (κ3) is 1.98. The number of fused-ring (bicyclic) bond motifs is 2. The minimum Gasteiger partial charge on any atom is -0.325 e. The van der Waals surface area contributed by atoms with Crippen LogP contribution in [0.25, 0.3) is 0 Å². The maximum atomic E-state index is 13.1. The lowest BCUT2D eigenvalue weighted by atomic mass is 9.64. The molecule has 3 rings (SSSR count). The van der Waals surface area contributed by atoms with Crippen molar-refractivity contribution in [3.8, 4) is 0 Å². The van der Waals surface area contributed by atoms with Crippen molar-refractivity contribution in [3.05, 3.63) is 29.8 Å². The largest absolute Gasteiger partial charge is 0.418 e. The van der Waals surface area contributed by atoms with Gasteiger partial charge in [0, 0.05) is 5.41 Å². The maximum absolute atomic E-state index is 13.1. The van der Waals surface area contributed by atoms with Gasteiger partial charge in [0.15, 0.2) is 0 Å². The van der Waals surface area contributed by atoms with Gasteiger partial charge in [-0.15, -0.1) is 0 Å².